The van der Waals surface area contributed by atoms with E-state index in [2.05, 4.69) is 48.5 Å². The molecule has 3 aromatic rings. The number of thioether (sulfide) groups is 1. The van der Waals surface area contributed by atoms with Crippen molar-refractivity contribution in [2.75, 3.05) is 17.7 Å². The van der Waals surface area contributed by atoms with Crippen LogP contribution in [0.4, 0.5) is 9.39 Å². The molecule has 1 aromatic carbocycles. The second-order valence-electron chi connectivity index (χ2n) is 9.42. The number of aromatic nitrogens is 3. The van der Waals surface area contributed by atoms with Gasteiger partial charge in [0.1, 0.15) is 17.1 Å². The zero-order chi connectivity index (χ0) is 25.4. The highest BCUT2D eigenvalue weighted by Crippen LogP contribution is 2.45. The third kappa shape index (κ3) is 5.26. The van der Waals surface area contributed by atoms with E-state index in [4.69, 9.17) is 4.74 Å². The molecule has 35 heavy (non-hydrogen) atoms. The summed E-state index contributed by atoms with van der Waals surface area (Å²) in [5.74, 6) is -1.17. The molecule has 2 N–H and O–H groups in total. The number of rotatable bonds is 7. The van der Waals surface area contributed by atoms with Crippen molar-refractivity contribution < 1.29 is 18.7 Å². The molecule has 0 saturated carbocycles. The average Bonchev–Trinajstić information content (AvgIpc) is 3.36. The second kappa shape index (κ2) is 9.71. The summed E-state index contributed by atoms with van der Waals surface area (Å²) in [6, 6.07) is 6.28. The molecule has 0 bridgehead atoms. The van der Waals surface area contributed by atoms with Crippen LogP contribution in [0.15, 0.2) is 35.7 Å². The van der Waals surface area contributed by atoms with Crippen LogP contribution in [-0.4, -0.2) is 44.5 Å². The van der Waals surface area contributed by atoms with Crippen molar-refractivity contribution >= 4 is 40.0 Å². The van der Waals surface area contributed by atoms with Crippen LogP contribution in [-0.2, 0) is 21.5 Å². The first-order chi connectivity index (χ1) is 16.5. The summed E-state index contributed by atoms with van der Waals surface area (Å²) in [5, 5.41) is 15.3. The molecule has 1 aliphatic rings. The van der Waals surface area contributed by atoms with Gasteiger partial charge < -0.3 is 15.4 Å². The van der Waals surface area contributed by atoms with Crippen molar-refractivity contribution in [3.05, 3.63) is 52.4 Å². The maximum Gasteiger partial charge on any atom is 0.341 e. The van der Waals surface area contributed by atoms with Crippen molar-refractivity contribution in [1.29, 1.82) is 0 Å². The van der Waals surface area contributed by atoms with Crippen LogP contribution in [0, 0.1) is 5.82 Å². The summed E-state index contributed by atoms with van der Waals surface area (Å²) >= 11 is 2.52. The monoisotopic (exact) mass is 517 g/mol. The highest BCUT2D eigenvalue weighted by molar-refractivity contribution is 7.99. The summed E-state index contributed by atoms with van der Waals surface area (Å²) in [6.07, 6.45) is 2.04. The summed E-state index contributed by atoms with van der Waals surface area (Å²) in [6.45, 7) is 10.3. The molecule has 186 valence electrons. The molecule has 0 fully saturated rings. The standard InChI is InChI=1S/C24H28FN5O3S2/c1-6-33-21(32)18-14-11-23(2,3)29-24(4,5)19(14)35-20(18)27-17(31)12-34-22-28-26-13-30(22)16-10-8-7-9-15(16)25/h7-10,13,29H,6,11-12H2,1-5H3,(H,27,31). The maximum atomic E-state index is 14.2. The van der Waals surface area contributed by atoms with E-state index in [1.165, 1.54) is 28.3 Å². The molecule has 8 nitrogen and oxygen atoms in total. The Morgan fingerprint density at radius 3 is 2.74 bits per heavy atom. The van der Waals surface area contributed by atoms with Crippen LogP contribution in [0.5, 0.6) is 0 Å². The highest BCUT2D eigenvalue weighted by atomic mass is 32.2. The fraction of sp³-hybridized carbons (Fsp3) is 0.417. The number of amides is 1. The van der Waals surface area contributed by atoms with Gasteiger partial charge in [0.25, 0.3) is 0 Å². The van der Waals surface area contributed by atoms with Gasteiger partial charge in [0.2, 0.25) is 5.91 Å². The fourth-order valence-corrected chi connectivity index (χ4v) is 6.47. The van der Waals surface area contributed by atoms with Crippen molar-refractivity contribution in [2.45, 2.75) is 57.3 Å². The SMILES string of the molecule is CCOC(=O)c1c(NC(=O)CSc2nncn2-c2ccccc2F)sc2c1CC(C)(C)NC2(C)C. The van der Waals surface area contributed by atoms with Crippen LogP contribution >= 0.6 is 23.1 Å². The second-order valence-corrected chi connectivity index (χ2v) is 11.4. The summed E-state index contributed by atoms with van der Waals surface area (Å²) < 4.78 is 21.1. The van der Waals surface area contributed by atoms with E-state index in [9.17, 15) is 14.0 Å². The van der Waals surface area contributed by atoms with Gasteiger partial charge in [-0.3, -0.25) is 9.36 Å². The van der Waals surface area contributed by atoms with E-state index in [1.807, 2.05) is 0 Å². The number of carbonyl (C=O) groups is 2. The average molecular weight is 518 g/mol. The van der Waals surface area contributed by atoms with Crippen LogP contribution in [0.2, 0.25) is 0 Å². The number of hydrogen-bond acceptors (Lipinski definition) is 8. The van der Waals surface area contributed by atoms with Crippen molar-refractivity contribution in [2.24, 2.45) is 0 Å². The normalized spacial score (nSPS) is 15.9. The van der Waals surface area contributed by atoms with E-state index >= 15 is 0 Å². The smallest absolute Gasteiger partial charge is 0.341 e. The topological polar surface area (TPSA) is 98.1 Å². The van der Waals surface area contributed by atoms with E-state index in [0.717, 1.165) is 22.2 Å². The Labute approximate surface area is 211 Å². The van der Waals surface area contributed by atoms with Crippen molar-refractivity contribution in [3.63, 3.8) is 0 Å². The lowest BCUT2D eigenvalue weighted by Gasteiger charge is -2.42. The molecular weight excluding hydrogens is 489 g/mol. The van der Waals surface area contributed by atoms with E-state index in [0.29, 0.717) is 27.8 Å². The summed E-state index contributed by atoms with van der Waals surface area (Å²) in [4.78, 5) is 26.9. The number of nitrogens with one attached hydrogen (secondary N) is 2. The molecule has 0 spiro atoms. The Morgan fingerprint density at radius 1 is 1.29 bits per heavy atom. The quantitative estimate of drug-likeness (QED) is 0.351. The summed E-state index contributed by atoms with van der Waals surface area (Å²) in [5.41, 5.74) is 1.02. The molecule has 11 heteroatoms. The molecule has 0 unspecified atom stereocenters. The predicted molar refractivity (Wildman–Crippen MR) is 135 cm³/mol. The van der Waals surface area contributed by atoms with E-state index in [1.54, 1.807) is 25.1 Å². The minimum Gasteiger partial charge on any atom is -0.462 e. The van der Waals surface area contributed by atoms with Crippen LogP contribution < -0.4 is 10.6 Å². The van der Waals surface area contributed by atoms with Gasteiger partial charge in [-0.1, -0.05) is 23.9 Å². The lowest BCUT2D eigenvalue weighted by atomic mass is 9.81. The molecule has 0 saturated heterocycles. The lowest BCUT2D eigenvalue weighted by molar-refractivity contribution is -0.113. The van der Waals surface area contributed by atoms with Crippen molar-refractivity contribution in [3.8, 4) is 5.69 Å². The number of halogens is 1. The Kier molecular flexibility index (Phi) is 7.03. The molecule has 2 aromatic heterocycles. The van der Waals surface area contributed by atoms with Gasteiger partial charge >= 0.3 is 5.97 Å². The highest BCUT2D eigenvalue weighted by Gasteiger charge is 2.42. The Balaban J connectivity index is 1.57. The molecular formula is C24H28FN5O3S2. The summed E-state index contributed by atoms with van der Waals surface area (Å²) in [7, 11) is 0. The van der Waals surface area contributed by atoms with Gasteiger partial charge in [0, 0.05) is 16.0 Å². The molecule has 0 aliphatic carbocycles. The van der Waals surface area contributed by atoms with Gasteiger partial charge in [-0.15, -0.1) is 21.5 Å². The number of anilines is 1. The third-order valence-corrected chi connectivity index (χ3v) is 7.95. The van der Waals surface area contributed by atoms with Gasteiger partial charge in [0.05, 0.1) is 23.6 Å². The number of benzene rings is 1. The number of fused-ring (bicyclic) bond motifs is 1. The first-order valence-corrected chi connectivity index (χ1v) is 13.0. The fourth-order valence-electron chi connectivity index (χ4n) is 4.46. The van der Waals surface area contributed by atoms with Crippen LogP contribution in [0.1, 0.15) is 55.4 Å². The van der Waals surface area contributed by atoms with Gasteiger partial charge in [0.15, 0.2) is 5.16 Å². The predicted octanol–water partition coefficient (Wildman–Crippen LogP) is 4.53. The van der Waals surface area contributed by atoms with Gasteiger partial charge in [-0.25, -0.2) is 9.18 Å². The Hall–Kier alpha value is -2.76. The minimum atomic E-state index is -0.444. The van der Waals surface area contributed by atoms with Gasteiger partial charge in [-0.05, 0) is 58.7 Å². The number of ether oxygens (including phenoxy) is 1. The minimum absolute atomic E-state index is 0.00507. The first-order valence-electron chi connectivity index (χ1n) is 11.2. The molecule has 0 radical (unpaired) electrons. The Morgan fingerprint density at radius 2 is 2.03 bits per heavy atom. The van der Waals surface area contributed by atoms with Gasteiger partial charge in [-0.2, -0.15) is 0 Å². The third-order valence-electron chi connectivity index (χ3n) is 5.54. The van der Waals surface area contributed by atoms with E-state index < -0.39 is 11.8 Å². The molecule has 1 amide bonds. The van der Waals surface area contributed by atoms with Crippen molar-refractivity contribution in [1.82, 2.24) is 20.1 Å². The number of carbonyl (C=O) groups excluding carboxylic acids is 2. The molecule has 3 heterocycles. The number of nitrogens with zero attached hydrogens (tertiary/aromatic N) is 3. The van der Waals surface area contributed by atoms with Crippen LogP contribution in [0.3, 0.4) is 0 Å². The lowest BCUT2D eigenvalue weighted by Crippen LogP contribution is -2.55. The zero-order valence-corrected chi connectivity index (χ0v) is 21.9. The number of hydrogen-bond donors (Lipinski definition) is 2. The Bertz CT molecular complexity index is 1270. The maximum absolute atomic E-state index is 14.2. The van der Waals surface area contributed by atoms with Crippen LogP contribution in [0.25, 0.3) is 5.69 Å². The molecule has 1 aliphatic heterocycles. The zero-order valence-electron chi connectivity index (χ0n) is 20.3. The largest absolute Gasteiger partial charge is 0.462 e. The van der Waals surface area contributed by atoms with E-state index in [-0.39, 0.29) is 29.3 Å². The first kappa shape index (κ1) is 25.3. The molecule has 0 atom stereocenters. The molecule has 4 rings (SSSR count). The number of esters is 1. The number of para-hydroxylation sites is 1. The number of thiophene rings is 1.